The zero-order chi connectivity index (χ0) is 24.4. The molecule has 5 aromatic rings. The minimum Gasteiger partial charge on any atom is -0.361 e. The highest BCUT2D eigenvalue weighted by Gasteiger charge is 2.22. The lowest BCUT2D eigenvalue weighted by Crippen LogP contribution is -2.32. The fourth-order valence-corrected chi connectivity index (χ4v) is 4.91. The maximum atomic E-state index is 13.9. The van der Waals surface area contributed by atoms with Crippen LogP contribution in [0.25, 0.3) is 22.0 Å². The third kappa shape index (κ3) is 5.12. The molecule has 1 atom stereocenters. The number of hydrogen-bond acceptors (Lipinski definition) is 3. The number of halogens is 3. The molecular formula is C27H20F3N3OS. The molecule has 0 aliphatic rings. The van der Waals surface area contributed by atoms with E-state index in [2.05, 4.69) is 15.3 Å². The SMILES string of the molecule is O=C(Cc1c[nH]c2ccc(F)cc12)NC(Cc1cc(F)cc(F)c1)c1ncccc1-c1ccsc1. The van der Waals surface area contributed by atoms with Gasteiger partial charge in [-0.3, -0.25) is 9.78 Å². The van der Waals surface area contributed by atoms with Crippen LogP contribution >= 0.6 is 11.3 Å². The number of fused-ring (bicyclic) bond motifs is 1. The van der Waals surface area contributed by atoms with Crippen LogP contribution in [-0.2, 0) is 17.6 Å². The second kappa shape index (κ2) is 9.76. The quantitative estimate of drug-likeness (QED) is 0.279. The number of amides is 1. The lowest BCUT2D eigenvalue weighted by Gasteiger charge is -2.21. The average Bonchev–Trinajstić information content (AvgIpc) is 3.49. The summed E-state index contributed by atoms with van der Waals surface area (Å²) in [5.41, 5.74) is 4.12. The standard InChI is InChI=1S/C27H20F3N3OS/c28-19-3-4-24-23(13-19)18(14-32-24)11-26(34)33-25(10-16-8-20(29)12-21(30)9-16)27-22(2-1-6-31-27)17-5-7-35-15-17/h1-9,12-15,25,32H,10-11H2,(H,33,34). The predicted octanol–water partition coefficient (Wildman–Crippen LogP) is 6.35. The summed E-state index contributed by atoms with van der Waals surface area (Å²) < 4.78 is 41.6. The molecule has 3 heterocycles. The van der Waals surface area contributed by atoms with Gasteiger partial charge in [0.15, 0.2) is 0 Å². The Bertz CT molecular complexity index is 1480. The van der Waals surface area contributed by atoms with Gasteiger partial charge in [-0.15, -0.1) is 0 Å². The highest BCUT2D eigenvalue weighted by atomic mass is 32.1. The molecular weight excluding hydrogens is 471 g/mol. The van der Waals surface area contributed by atoms with Crippen molar-refractivity contribution in [2.45, 2.75) is 18.9 Å². The van der Waals surface area contributed by atoms with E-state index in [1.807, 2.05) is 22.9 Å². The highest BCUT2D eigenvalue weighted by molar-refractivity contribution is 7.08. The molecule has 0 saturated heterocycles. The number of benzene rings is 2. The second-order valence-electron chi connectivity index (χ2n) is 8.23. The van der Waals surface area contributed by atoms with Gasteiger partial charge < -0.3 is 10.3 Å². The van der Waals surface area contributed by atoms with Crippen molar-refractivity contribution < 1.29 is 18.0 Å². The molecule has 4 nitrogen and oxygen atoms in total. The number of rotatable bonds is 7. The summed E-state index contributed by atoms with van der Waals surface area (Å²) in [6, 6.07) is 12.7. The van der Waals surface area contributed by atoms with Gasteiger partial charge in [0.2, 0.25) is 5.91 Å². The lowest BCUT2D eigenvalue weighted by atomic mass is 9.96. The van der Waals surface area contributed by atoms with Crippen LogP contribution in [0.3, 0.4) is 0 Å². The number of nitrogens with one attached hydrogen (secondary N) is 2. The summed E-state index contributed by atoms with van der Waals surface area (Å²) in [4.78, 5) is 20.7. The molecule has 0 aliphatic carbocycles. The fraction of sp³-hybridized carbons (Fsp3) is 0.111. The number of thiophene rings is 1. The van der Waals surface area contributed by atoms with Crippen LogP contribution in [0.15, 0.2) is 77.8 Å². The fourth-order valence-electron chi connectivity index (χ4n) is 4.25. The third-order valence-electron chi connectivity index (χ3n) is 5.78. The first-order chi connectivity index (χ1) is 17.0. The molecule has 1 amide bonds. The molecule has 0 saturated carbocycles. The topological polar surface area (TPSA) is 57.8 Å². The largest absolute Gasteiger partial charge is 0.361 e. The van der Waals surface area contributed by atoms with Crippen LogP contribution in [0, 0.1) is 17.5 Å². The number of carbonyl (C=O) groups is 1. The molecule has 35 heavy (non-hydrogen) atoms. The van der Waals surface area contributed by atoms with Crippen molar-refractivity contribution in [1.82, 2.24) is 15.3 Å². The van der Waals surface area contributed by atoms with Gasteiger partial charge in [0.25, 0.3) is 0 Å². The van der Waals surface area contributed by atoms with Gasteiger partial charge in [-0.2, -0.15) is 11.3 Å². The Labute approximate surface area is 203 Å². The zero-order valence-corrected chi connectivity index (χ0v) is 19.2. The first kappa shape index (κ1) is 22.9. The van der Waals surface area contributed by atoms with Gasteiger partial charge in [-0.1, -0.05) is 6.07 Å². The molecule has 3 aromatic heterocycles. The molecule has 2 aromatic carbocycles. The van der Waals surface area contributed by atoms with Crippen molar-refractivity contribution in [1.29, 1.82) is 0 Å². The van der Waals surface area contributed by atoms with E-state index in [1.165, 1.54) is 35.6 Å². The number of H-pyrrole nitrogens is 1. The minimum atomic E-state index is -0.690. The maximum absolute atomic E-state index is 13.9. The molecule has 5 rings (SSSR count). The Balaban J connectivity index is 1.48. The summed E-state index contributed by atoms with van der Waals surface area (Å²) in [6.07, 6.45) is 3.44. The Kier molecular flexibility index (Phi) is 6.37. The van der Waals surface area contributed by atoms with Gasteiger partial charge >= 0.3 is 0 Å². The smallest absolute Gasteiger partial charge is 0.225 e. The summed E-state index contributed by atoms with van der Waals surface area (Å²) in [5, 5.41) is 7.53. The minimum absolute atomic E-state index is 0.00190. The van der Waals surface area contributed by atoms with Crippen molar-refractivity contribution in [3.63, 3.8) is 0 Å². The molecule has 0 radical (unpaired) electrons. The number of nitrogens with zero attached hydrogens (tertiary/aromatic N) is 1. The Morgan fingerprint density at radius 2 is 1.86 bits per heavy atom. The molecule has 176 valence electrons. The molecule has 2 N–H and O–H groups in total. The maximum Gasteiger partial charge on any atom is 0.225 e. The second-order valence-corrected chi connectivity index (χ2v) is 9.01. The number of pyridine rings is 1. The molecule has 1 unspecified atom stereocenters. The normalized spacial score (nSPS) is 12.1. The van der Waals surface area contributed by atoms with Crippen LogP contribution in [0.4, 0.5) is 13.2 Å². The van der Waals surface area contributed by atoms with Gasteiger partial charge in [0.1, 0.15) is 17.5 Å². The molecule has 0 spiro atoms. The summed E-state index contributed by atoms with van der Waals surface area (Å²) in [6.45, 7) is 0. The Morgan fingerprint density at radius 3 is 2.63 bits per heavy atom. The Morgan fingerprint density at radius 1 is 1.03 bits per heavy atom. The molecule has 8 heteroatoms. The van der Waals surface area contributed by atoms with Crippen LogP contribution in [0.1, 0.15) is 22.9 Å². The van der Waals surface area contributed by atoms with Crippen molar-refractivity contribution in [3.8, 4) is 11.1 Å². The van der Waals surface area contributed by atoms with Gasteiger partial charge in [-0.05, 0) is 76.3 Å². The van der Waals surface area contributed by atoms with Crippen LogP contribution in [-0.4, -0.2) is 15.9 Å². The molecule has 0 fully saturated rings. The van der Waals surface area contributed by atoms with Crippen molar-refractivity contribution in [2.24, 2.45) is 0 Å². The number of aromatic nitrogens is 2. The predicted molar refractivity (Wildman–Crippen MR) is 130 cm³/mol. The average molecular weight is 492 g/mol. The van der Waals surface area contributed by atoms with E-state index in [9.17, 15) is 18.0 Å². The summed E-state index contributed by atoms with van der Waals surface area (Å²) >= 11 is 1.53. The first-order valence-corrected chi connectivity index (χ1v) is 11.9. The van der Waals surface area contributed by atoms with E-state index in [-0.39, 0.29) is 18.7 Å². The summed E-state index contributed by atoms with van der Waals surface area (Å²) in [5.74, 6) is -2.09. The van der Waals surface area contributed by atoms with Gasteiger partial charge in [0.05, 0.1) is 18.2 Å². The van der Waals surface area contributed by atoms with Crippen molar-refractivity contribution in [2.75, 3.05) is 0 Å². The lowest BCUT2D eigenvalue weighted by molar-refractivity contribution is -0.121. The van der Waals surface area contributed by atoms with E-state index < -0.39 is 23.5 Å². The number of carbonyl (C=O) groups excluding carboxylic acids is 1. The summed E-state index contributed by atoms with van der Waals surface area (Å²) in [7, 11) is 0. The van der Waals surface area contributed by atoms with Crippen LogP contribution in [0.2, 0.25) is 0 Å². The first-order valence-electron chi connectivity index (χ1n) is 10.9. The van der Waals surface area contributed by atoms with E-state index in [1.54, 1.807) is 24.5 Å². The third-order valence-corrected chi connectivity index (χ3v) is 6.46. The van der Waals surface area contributed by atoms with Crippen LogP contribution in [0.5, 0.6) is 0 Å². The van der Waals surface area contributed by atoms with Crippen molar-refractivity contribution >= 4 is 28.1 Å². The van der Waals surface area contributed by atoms with E-state index in [4.69, 9.17) is 0 Å². The highest BCUT2D eigenvalue weighted by Crippen LogP contribution is 2.30. The van der Waals surface area contributed by atoms with Crippen LogP contribution < -0.4 is 5.32 Å². The molecule has 0 aliphatic heterocycles. The van der Waals surface area contributed by atoms with E-state index in [0.717, 1.165) is 22.7 Å². The zero-order valence-electron chi connectivity index (χ0n) is 18.4. The van der Waals surface area contributed by atoms with Gasteiger partial charge in [0, 0.05) is 34.9 Å². The Hall–Kier alpha value is -3.91. The monoisotopic (exact) mass is 491 g/mol. The van der Waals surface area contributed by atoms with Crippen molar-refractivity contribution in [3.05, 3.63) is 112 Å². The van der Waals surface area contributed by atoms with Gasteiger partial charge in [-0.25, -0.2) is 13.2 Å². The van der Waals surface area contributed by atoms with E-state index >= 15 is 0 Å². The number of hydrogen-bond donors (Lipinski definition) is 2. The van der Waals surface area contributed by atoms with E-state index in [0.29, 0.717) is 22.2 Å². The number of aromatic amines is 1. The molecule has 0 bridgehead atoms.